The van der Waals surface area contributed by atoms with Crippen LogP contribution < -0.4 is 5.32 Å². The van der Waals surface area contributed by atoms with Crippen LogP contribution in [0.4, 0.5) is 5.69 Å². The van der Waals surface area contributed by atoms with Crippen molar-refractivity contribution < 1.29 is 4.79 Å². The summed E-state index contributed by atoms with van der Waals surface area (Å²) in [7, 11) is 0. The van der Waals surface area contributed by atoms with Gasteiger partial charge >= 0.3 is 0 Å². The molecule has 0 saturated heterocycles. The quantitative estimate of drug-likeness (QED) is 0.457. The van der Waals surface area contributed by atoms with Gasteiger partial charge < -0.3 is 5.32 Å². The van der Waals surface area contributed by atoms with Crippen LogP contribution in [0.2, 0.25) is 0 Å². The highest BCUT2D eigenvalue weighted by molar-refractivity contribution is 7.13. The molecular formula is C21H18N4OS2. The Labute approximate surface area is 171 Å². The summed E-state index contributed by atoms with van der Waals surface area (Å²) in [5.41, 5.74) is 4.45. The van der Waals surface area contributed by atoms with Crippen molar-refractivity contribution in [2.45, 2.75) is 19.8 Å². The van der Waals surface area contributed by atoms with Gasteiger partial charge in [-0.15, -0.1) is 16.4 Å². The van der Waals surface area contributed by atoms with E-state index in [9.17, 15) is 4.79 Å². The molecule has 140 valence electrons. The van der Waals surface area contributed by atoms with E-state index in [0.717, 1.165) is 57.6 Å². The Hall–Kier alpha value is -2.90. The molecule has 0 fully saturated rings. The van der Waals surface area contributed by atoms with Crippen molar-refractivity contribution in [2.24, 2.45) is 0 Å². The van der Waals surface area contributed by atoms with Gasteiger partial charge in [0.25, 0.3) is 5.91 Å². The Morgan fingerprint density at radius 2 is 1.89 bits per heavy atom. The number of thiazole rings is 1. The van der Waals surface area contributed by atoms with E-state index in [0.29, 0.717) is 4.88 Å². The molecule has 2 heterocycles. The van der Waals surface area contributed by atoms with Gasteiger partial charge in [0.2, 0.25) is 0 Å². The molecule has 0 unspecified atom stereocenters. The maximum absolute atomic E-state index is 12.6. The van der Waals surface area contributed by atoms with Gasteiger partial charge in [-0.05, 0) is 30.1 Å². The van der Waals surface area contributed by atoms with Crippen molar-refractivity contribution in [3.63, 3.8) is 0 Å². The first-order valence-corrected chi connectivity index (χ1v) is 10.6. The standard InChI is InChI=1S/C21H18N4OS2/c1-2-7-17-19(28-25-24-17)20(26)22-16-11-6-10-15(12-16)18-13-27-21(23-18)14-8-4-3-5-9-14/h3-6,8-13H,2,7H2,1H3,(H,22,26). The number of nitrogens with one attached hydrogen (secondary N) is 1. The fourth-order valence-electron chi connectivity index (χ4n) is 2.85. The predicted octanol–water partition coefficient (Wildman–Crippen LogP) is 5.53. The number of hydrogen-bond acceptors (Lipinski definition) is 6. The number of aryl methyl sites for hydroxylation is 1. The van der Waals surface area contributed by atoms with Crippen LogP contribution in [0.25, 0.3) is 21.8 Å². The summed E-state index contributed by atoms with van der Waals surface area (Å²) in [4.78, 5) is 17.9. The number of carbonyl (C=O) groups is 1. The number of amides is 1. The van der Waals surface area contributed by atoms with Crippen LogP contribution >= 0.6 is 22.9 Å². The molecule has 0 aliphatic heterocycles. The average Bonchev–Trinajstić information content (AvgIpc) is 3.39. The van der Waals surface area contributed by atoms with Crippen molar-refractivity contribution >= 4 is 34.5 Å². The van der Waals surface area contributed by atoms with Gasteiger partial charge in [0, 0.05) is 22.2 Å². The molecule has 0 aliphatic carbocycles. The van der Waals surface area contributed by atoms with E-state index in [2.05, 4.69) is 34.0 Å². The zero-order chi connectivity index (χ0) is 19.3. The summed E-state index contributed by atoms with van der Waals surface area (Å²) in [6.07, 6.45) is 1.68. The average molecular weight is 407 g/mol. The molecule has 0 spiro atoms. The molecule has 2 aromatic carbocycles. The van der Waals surface area contributed by atoms with E-state index in [4.69, 9.17) is 4.98 Å². The van der Waals surface area contributed by atoms with Crippen molar-refractivity contribution in [2.75, 3.05) is 5.32 Å². The highest BCUT2D eigenvalue weighted by atomic mass is 32.1. The smallest absolute Gasteiger partial charge is 0.269 e. The summed E-state index contributed by atoms with van der Waals surface area (Å²) in [5, 5.41) is 10.0. The Morgan fingerprint density at radius 3 is 2.71 bits per heavy atom. The maximum Gasteiger partial charge on any atom is 0.269 e. The van der Waals surface area contributed by atoms with Crippen LogP contribution in [-0.2, 0) is 6.42 Å². The maximum atomic E-state index is 12.6. The van der Waals surface area contributed by atoms with Gasteiger partial charge in [0.05, 0.1) is 11.4 Å². The summed E-state index contributed by atoms with van der Waals surface area (Å²) < 4.78 is 3.92. The summed E-state index contributed by atoms with van der Waals surface area (Å²) in [6.45, 7) is 2.06. The third-order valence-corrected chi connectivity index (χ3v) is 5.85. The van der Waals surface area contributed by atoms with Crippen molar-refractivity contribution in [3.8, 4) is 21.8 Å². The fourth-order valence-corrected chi connectivity index (χ4v) is 4.28. The van der Waals surface area contributed by atoms with E-state index in [-0.39, 0.29) is 5.91 Å². The largest absolute Gasteiger partial charge is 0.321 e. The normalized spacial score (nSPS) is 10.8. The monoisotopic (exact) mass is 406 g/mol. The summed E-state index contributed by atoms with van der Waals surface area (Å²) in [5.74, 6) is -0.168. The van der Waals surface area contributed by atoms with E-state index in [1.54, 1.807) is 11.3 Å². The zero-order valence-corrected chi connectivity index (χ0v) is 16.9. The minimum absolute atomic E-state index is 0.168. The van der Waals surface area contributed by atoms with Crippen LogP contribution in [-0.4, -0.2) is 20.5 Å². The first-order chi connectivity index (χ1) is 13.7. The highest BCUT2D eigenvalue weighted by Gasteiger charge is 2.16. The molecule has 0 atom stereocenters. The number of anilines is 1. The van der Waals surface area contributed by atoms with E-state index in [1.807, 2.05) is 47.8 Å². The SMILES string of the molecule is CCCc1nnsc1C(=O)Nc1cccc(-c2csc(-c3ccccc3)n2)c1. The van der Waals surface area contributed by atoms with Crippen LogP contribution in [0, 0.1) is 0 Å². The second-order valence-corrected chi connectivity index (χ2v) is 7.85. The third-order valence-electron chi connectivity index (χ3n) is 4.19. The Bertz CT molecular complexity index is 1090. The lowest BCUT2D eigenvalue weighted by atomic mass is 10.1. The molecule has 0 saturated carbocycles. The number of carbonyl (C=O) groups excluding carboxylic acids is 1. The van der Waals surface area contributed by atoms with Crippen molar-refractivity contribution in [1.82, 2.24) is 14.6 Å². The van der Waals surface area contributed by atoms with Gasteiger partial charge in [0.1, 0.15) is 9.88 Å². The third kappa shape index (κ3) is 4.00. The molecule has 2 aromatic heterocycles. The van der Waals surface area contributed by atoms with Crippen LogP contribution in [0.1, 0.15) is 28.7 Å². The lowest BCUT2D eigenvalue weighted by Gasteiger charge is -2.06. The van der Waals surface area contributed by atoms with Crippen LogP contribution in [0.3, 0.4) is 0 Å². The van der Waals surface area contributed by atoms with Gasteiger partial charge in [0.15, 0.2) is 0 Å². The molecule has 1 amide bonds. The van der Waals surface area contributed by atoms with Gasteiger partial charge in [-0.3, -0.25) is 4.79 Å². The lowest BCUT2D eigenvalue weighted by Crippen LogP contribution is -2.12. The number of benzene rings is 2. The minimum Gasteiger partial charge on any atom is -0.321 e. The van der Waals surface area contributed by atoms with Gasteiger partial charge in [-0.2, -0.15) is 0 Å². The summed E-state index contributed by atoms with van der Waals surface area (Å²) >= 11 is 2.74. The molecule has 5 nitrogen and oxygen atoms in total. The molecule has 7 heteroatoms. The molecule has 1 N–H and O–H groups in total. The van der Waals surface area contributed by atoms with E-state index >= 15 is 0 Å². The van der Waals surface area contributed by atoms with E-state index in [1.165, 1.54) is 0 Å². The first-order valence-electron chi connectivity index (χ1n) is 8.98. The topological polar surface area (TPSA) is 67.8 Å². The minimum atomic E-state index is -0.168. The molecule has 4 rings (SSSR count). The molecule has 4 aromatic rings. The molecular weight excluding hydrogens is 388 g/mol. The second-order valence-electron chi connectivity index (χ2n) is 6.24. The Kier molecular flexibility index (Phi) is 5.55. The molecule has 0 radical (unpaired) electrons. The number of rotatable bonds is 6. The van der Waals surface area contributed by atoms with E-state index < -0.39 is 0 Å². The van der Waals surface area contributed by atoms with Gasteiger partial charge in [-0.1, -0.05) is 60.3 Å². The van der Waals surface area contributed by atoms with Crippen molar-refractivity contribution in [3.05, 3.63) is 70.5 Å². The predicted molar refractivity (Wildman–Crippen MR) is 115 cm³/mol. The zero-order valence-electron chi connectivity index (χ0n) is 15.3. The number of aromatic nitrogens is 3. The number of nitrogens with zero attached hydrogens (tertiary/aromatic N) is 3. The van der Waals surface area contributed by atoms with Gasteiger partial charge in [-0.25, -0.2) is 4.98 Å². The molecule has 0 bridgehead atoms. The summed E-state index contributed by atoms with van der Waals surface area (Å²) in [6, 6.07) is 17.8. The molecule has 28 heavy (non-hydrogen) atoms. The highest BCUT2D eigenvalue weighted by Crippen LogP contribution is 2.30. The van der Waals surface area contributed by atoms with Crippen LogP contribution in [0.15, 0.2) is 60.0 Å². The van der Waals surface area contributed by atoms with Crippen molar-refractivity contribution in [1.29, 1.82) is 0 Å². The fraction of sp³-hybridized carbons (Fsp3) is 0.143. The molecule has 0 aliphatic rings. The number of hydrogen-bond donors (Lipinski definition) is 1. The van der Waals surface area contributed by atoms with Crippen LogP contribution in [0.5, 0.6) is 0 Å². The lowest BCUT2D eigenvalue weighted by molar-refractivity contribution is 0.102. The second kappa shape index (κ2) is 8.41. The Morgan fingerprint density at radius 1 is 1.07 bits per heavy atom. The Balaban J connectivity index is 1.54. The first kappa shape index (κ1) is 18.5.